The van der Waals surface area contributed by atoms with Gasteiger partial charge in [-0.25, -0.2) is 4.68 Å². The van der Waals surface area contributed by atoms with Gasteiger partial charge in [0.1, 0.15) is 6.54 Å². The van der Waals surface area contributed by atoms with E-state index in [1.54, 1.807) is 24.7 Å². The highest BCUT2D eigenvalue weighted by Gasteiger charge is 2.27. The number of carboxylic acids is 1. The van der Waals surface area contributed by atoms with Crippen LogP contribution in [0.1, 0.15) is 37.7 Å². The van der Waals surface area contributed by atoms with Gasteiger partial charge in [-0.3, -0.25) is 9.59 Å². The summed E-state index contributed by atoms with van der Waals surface area (Å²) in [6, 6.07) is 9.08. The maximum absolute atomic E-state index is 12.9. The van der Waals surface area contributed by atoms with E-state index in [0.717, 1.165) is 12.1 Å². The number of carbonyl (C=O) groups excluding carboxylic acids is 1. The number of para-hydroxylation sites is 1. The molecule has 2 rings (SSSR count). The highest BCUT2D eigenvalue weighted by Crippen LogP contribution is 2.22. The van der Waals surface area contributed by atoms with Crippen LogP contribution in [0.5, 0.6) is 5.75 Å². The van der Waals surface area contributed by atoms with Crippen LogP contribution < -0.4 is 4.74 Å². The smallest absolute Gasteiger partial charge is 0.323 e. The second kappa shape index (κ2) is 8.32. The Kier molecular flexibility index (Phi) is 6.16. The summed E-state index contributed by atoms with van der Waals surface area (Å²) in [4.78, 5) is 25.2. The van der Waals surface area contributed by atoms with Crippen molar-refractivity contribution in [1.29, 1.82) is 0 Å². The van der Waals surface area contributed by atoms with Crippen LogP contribution in [0.2, 0.25) is 0 Å². The van der Waals surface area contributed by atoms with Crippen molar-refractivity contribution in [3.05, 3.63) is 42.2 Å². The van der Waals surface area contributed by atoms with Gasteiger partial charge in [0.15, 0.2) is 11.4 Å². The SMILES string of the molecule is CCCOc1cn(-c2ccccc2)nc1C(=O)N(CC(=O)O)C(C)C. The number of amides is 1. The van der Waals surface area contributed by atoms with Crippen LogP contribution >= 0.6 is 0 Å². The molecule has 134 valence electrons. The molecular weight excluding hydrogens is 322 g/mol. The molecule has 2 aromatic rings. The van der Waals surface area contributed by atoms with Crippen LogP contribution in [0.15, 0.2) is 36.5 Å². The Labute approximate surface area is 146 Å². The zero-order chi connectivity index (χ0) is 18.4. The van der Waals surface area contributed by atoms with Crippen LogP contribution in [-0.4, -0.2) is 50.9 Å². The van der Waals surface area contributed by atoms with E-state index in [4.69, 9.17) is 9.84 Å². The van der Waals surface area contributed by atoms with Crippen LogP contribution in [-0.2, 0) is 4.79 Å². The monoisotopic (exact) mass is 345 g/mol. The molecule has 0 radical (unpaired) electrons. The zero-order valence-corrected chi connectivity index (χ0v) is 14.7. The van der Waals surface area contributed by atoms with E-state index in [1.165, 1.54) is 4.90 Å². The minimum absolute atomic E-state index is 0.118. The van der Waals surface area contributed by atoms with Crippen molar-refractivity contribution < 1.29 is 19.4 Å². The zero-order valence-electron chi connectivity index (χ0n) is 14.7. The molecule has 1 aromatic carbocycles. The molecule has 1 amide bonds. The van der Waals surface area contributed by atoms with Gasteiger partial charge in [0.05, 0.1) is 18.5 Å². The number of aromatic nitrogens is 2. The summed E-state index contributed by atoms with van der Waals surface area (Å²) in [5.41, 5.74) is 0.907. The van der Waals surface area contributed by atoms with Crippen LogP contribution in [0.3, 0.4) is 0 Å². The van der Waals surface area contributed by atoms with Gasteiger partial charge in [-0.15, -0.1) is 0 Å². The Balaban J connectivity index is 2.41. The van der Waals surface area contributed by atoms with E-state index in [1.807, 2.05) is 37.3 Å². The minimum Gasteiger partial charge on any atom is -0.489 e. The fraction of sp³-hybridized carbons (Fsp3) is 0.389. The molecular formula is C18H23N3O4. The van der Waals surface area contributed by atoms with Crippen molar-refractivity contribution >= 4 is 11.9 Å². The molecule has 1 heterocycles. The first-order valence-corrected chi connectivity index (χ1v) is 8.24. The van der Waals surface area contributed by atoms with Gasteiger partial charge < -0.3 is 14.7 Å². The summed E-state index contributed by atoms with van der Waals surface area (Å²) in [7, 11) is 0. The molecule has 0 aliphatic rings. The number of ether oxygens (including phenoxy) is 1. The number of hydrogen-bond donors (Lipinski definition) is 1. The fourth-order valence-electron chi connectivity index (χ4n) is 2.31. The average Bonchev–Trinajstić information content (AvgIpc) is 3.02. The molecule has 7 nitrogen and oxygen atoms in total. The first-order chi connectivity index (χ1) is 11.9. The third-order valence-corrected chi connectivity index (χ3v) is 3.56. The topological polar surface area (TPSA) is 84.7 Å². The van der Waals surface area contributed by atoms with Crippen molar-refractivity contribution in [2.45, 2.75) is 33.2 Å². The van der Waals surface area contributed by atoms with Gasteiger partial charge in [-0.05, 0) is 32.4 Å². The number of carbonyl (C=O) groups is 2. The lowest BCUT2D eigenvalue weighted by Crippen LogP contribution is -2.41. The van der Waals surface area contributed by atoms with Crippen molar-refractivity contribution in [2.24, 2.45) is 0 Å². The molecule has 1 aromatic heterocycles. The van der Waals surface area contributed by atoms with Crippen molar-refractivity contribution in [2.75, 3.05) is 13.2 Å². The summed E-state index contributed by atoms with van der Waals surface area (Å²) < 4.78 is 7.23. The Morgan fingerprint density at radius 2 is 1.96 bits per heavy atom. The molecule has 0 aliphatic carbocycles. The fourth-order valence-corrected chi connectivity index (χ4v) is 2.31. The number of aliphatic carboxylic acids is 1. The van der Waals surface area contributed by atoms with E-state index in [2.05, 4.69) is 5.10 Å². The second-order valence-electron chi connectivity index (χ2n) is 5.89. The molecule has 0 saturated heterocycles. The van der Waals surface area contributed by atoms with E-state index < -0.39 is 11.9 Å². The lowest BCUT2D eigenvalue weighted by Gasteiger charge is -2.24. The van der Waals surface area contributed by atoms with Gasteiger partial charge in [0.2, 0.25) is 0 Å². The Morgan fingerprint density at radius 1 is 1.28 bits per heavy atom. The number of rotatable bonds is 8. The number of nitrogens with zero attached hydrogens (tertiary/aromatic N) is 3. The maximum Gasteiger partial charge on any atom is 0.323 e. The predicted molar refractivity (Wildman–Crippen MR) is 93.2 cm³/mol. The standard InChI is InChI=1S/C18H23N3O4/c1-4-10-25-15-11-21(14-8-6-5-7-9-14)19-17(15)18(24)20(13(2)3)12-16(22)23/h5-9,11,13H,4,10,12H2,1-3H3,(H,22,23). The van der Waals surface area contributed by atoms with Crippen molar-refractivity contribution in [3.63, 3.8) is 0 Å². The molecule has 1 N–H and O–H groups in total. The molecule has 0 unspecified atom stereocenters. The summed E-state index contributed by atoms with van der Waals surface area (Å²) in [6.07, 6.45) is 2.44. The van der Waals surface area contributed by atoms with Gasteiger partial charge in [-0.2, -0.15) is 5.10 Å². The second-order valence-corrected chi connectivity index (χ2v) is 5.89. The molecule has 0 bridgehead atoms. The maximum atomic E-state index is 12.9. The Morgan fingerprint density at radius 3 is 2.52 bits per heavy atom. The van der Waals surface area contributed by atoms with E-state index >= 15 is 0 Å². The van der Waals surface area contributed by atoms with Gasteiger partial charge in [0.25, 0.3) is 5.91 Å². The van der Waals surface area contributed by atoms with Crippen LogP contribution in [0, 0.1) is 0 Å². The van der Waals surface area contributed by atoms with E-state index in [-0.39, 0.29) is 18.3 Å². The third-order valence-electron chi connectivity index (χ3n) is 3.56. The largest absolute Gasteiger partial charge is 0.489 e. The van der Waals surface area contributed by atoms with E-state index in [0.29, 0.717) is 12.4 Å². The van der Waals surface area contributed by atoms with Crippen LogP contribution in [0.4, 0.5) is 0 Å². The lowest BCUT2D eigenvalue weighted by atomic mass is 10.2. The van der Waals surface area contributed by atoms with Crippen molar-refractivity contribution in [1.82, 2.24) is 14.7 Å². The highest BCUT2D eigenvalue weighted by atomic mass is 16.5. The summed E-state index contributed by atoms with van der Waals surface area (Å²) in [6.45, 7) is 5.56. The molecule has 7 heteroatoms. The summed E-state index contributed by atoms with van der Waals surface area (Å²) >= 11 is 0. The Hall–Kier alpha value is -2.83. The molecule has 25 heavy (non-hydrogen) atoms. The van der Waals surface area contributed by atoms with Gasteiger partial charge in [-0.1, -0.05) is 25.1 Å². The predicted octanol–water partition coefficient (Wildman–Crippen LogP) is 2.60. The van der Waals surface area contributed by atoms with Crippen molar-refractivity contribution in [3.8, 4) is 11.4 Å². The Bertz CT molecular complexity index is 725. The molecule has 0 spiro atoms. The first kappa shape index (κ1) is 18.5. The number of hydrogen-bond acceptors (Lipinski definition) is 4. The first-order valence-electron chi connectivity index (χ1n) is 8.24. The normalized spacial score (nSPS) is 10.7. The summed E-state index contributed by atoms with van der Waals surface area (Å²) in [5.74, 6) is -1.18. The third kappa shape index (κ3) is 4.59. The molecule has 0 saturated carbocycles. The van der Waals surface area contributed by atoms with Gasteiger partial charge >= 0.3 is 5.97 Å². The van der Waals surface area contributed by atoms with Crippen LogP contribution in [0.25, 0.3) is 5.69 Å². The quantitative estimate of drug-likeness (QED) is 0.795. The molecule has 0 atom stereocenters. The highest BCUT2D eigenvalue weighted by molar-refractivity contribution is 5.96. The molecule has 0 fully saturated rings. The average molecular weight is 345 g/mol. The van der Waals surface area contributed by atoms with Gasteiger partial charge in [0, 0.05) is 6.04 Å². The van der Waals surface area contributed by atoms with E-state index in [9.17, 15) is 9.59 Å². The number of benzene rings is 1. The number of carboxylic acid groups (broad SMARTS) is 1. The minimum atomic E-state index is -1.07. The summed E-state index contributed by atoms with van der Waals surface area (Å²) in [5, 5.41) is 13.4. The lowest BCUT2D eigenvalue weighted by molar-refractivity contribution is -0.138. The molecule has 0 aliphatic heterocycles.